The number of nitrogens with two attached hydrogens (primary N) is 1. The van der Waals surface area contributed by atoms with E-state index in [0.29, 0.717) is 18.7 Å². The molecule has 1 aliphatic rings. The fraction of sp³-hybridized carbons (Fsp3) is 0.353. The zero-order valence-corrected chi connectivity index (χ0v) is 12.3. The van der Waals surface area contributed by atoms with Crippen LogP contribution in [-0.2, 0) is 0 Å². The van der Waals surface area contributed by atoms with Gasteiger partial charge in [0.15, 0.2) is 11.6 Å². The molecule has 2 heterocycles. The van der Waals surface area contributed by atoms with Crippen molar-refractivity contribution in [3.05, 3.63) is 59.9 Å². The monoisotopic (exact) mass is 303 g/mol. The predicted molar refractivity (Wildman–Crippen MR) is 82.8 cm³/mol. The van der Waals surface area contributed by atoms with Gasteiger partial charge in [-0.1, -0.05) is 12.1 Å². The number of halogens is 2. The summed E-state index contributed by atoms with van der Waals surface area (Å²) in [5.41, 5.74) is 7.59. The molecule has 3 rings (SSSR count). The second-order valence-corrected chi connectivity index (χ2v) is 5.79. The lowest BCUT2D eigenvalue weighted by molar-refractivity contribution is 0.481. The van der Waals surface area contributed by atoms with Crippen molar-refractivity contribution in [3.63, 3.8) is 0 Å². The molecule has 0 spiro atoms. The fourth-order valence-corrected chi connectivity index (χ4v) is 3.08. The normalized spacial score (nSPS) is 22.4. The number of hydrogen-bond acceptors (Lipinski definition) is 3. The summed E-state index contributed by atoms with van der Waals surface area (Å²) in [6.07, 6.45) is 5.00. The zero-order valence-electron chi connectivity index (χ0n) is 12.3. The van der Waals surface area contributed by atoms with E-state index in [1.54, 1.807) is 24.5 Å². The lowest BCUT2D eigenvalue weighted by atomic mass is 9.93. The van der Waals surface area contributed by atoms with Crippen molar-refractivity contribution in [2.45, 2.75) is 24.8 Å². The standard InChI is InChI=1S/C17H19F2N3/c18-16-3-1-2-15(17(16)19)12-4-5-13(20)11-22(10-12)14-6-8-21-9-7-14/h1-3,6-9,12-13H,4-5,10-11,20H2/t12-,13-/m1/s1. The number of pyridine rings is 1. The zero-order chi connectivity index (χ0) is 15.5. The van der Waals surface area contributed by atoms with Gasteiger partial charge in [0.2, 0.25) is 0 Å². The van der Waals surface area contributed by atoms with E-state index in [1.165, 1.54) is 0 Å². The molecule has 22 heavy (non-hydrogen) atoms. The van der Waals surface area contributed by atoms with Crippen molar-refractivity contribution in [2.24, 2.45) is 5.73 Å². The average Bonchev–Trinajstić information content (AvgIpc) is 2.73. The van der Waals surface area contributed by atoms with E-state index in [9.17, 15) is 8.78 Å². The van der Waals surface area contributed by atoms with Gasteiger partial charge < -0.3 is 10.6 Å². The van der Waals surface area contributed by atoms with Crippen molar-refractivity contribution in [2.75, 3.05) is 18.0 Å². The topological polar surface area (TPSA) is 42.1 Å². The van der Waals surface area contributed by atoms with Crippen LogP contribution in [0.5, 0.6) is 0 Å². The maximum absolute atomic E-state index is 14.1. The van der Waals surface area contributed by atoms with Gasteiger partial charge in [0.05, 0.1) is 0 Å². The van der Waals surface area contributed by atoms with Crippen molar-refractivity contribution in [3.8, 4) is 0 Å². The highest BCUT2D eigenvalue weighted by atomic mass is 19.2. The van der Waals surface area contributed by atoms with Gasteiger partial charge in [0.25, 0.3) is 0 Å². The van der Waals surface area contributed by atoms with E-state index < -0.39 is 11.6 Å². The Labute approximate surface area is 128 Å². The summed E-state index contributed by atoms with van der Waals surface area (Å²) >= 11 is 0. The Bertz CT molecular complexity index is 633. The van der Waals surface area contributed by atoms with Gasteiger partial charge in [0, 0.05) is 43.1 Å². The Morgan fingerprint density at radius 2 is 1.82 bits per heavy atom. The molecular formula is C17H19F2N3. The molecule has 116 valence electrons. The molecule has 1 saturated heterocycles. The first-order valence-electron chi connectivity index (χ1n) is 7.49. The first kappa shape index (κ1) is 14.9. The van der Waals surface area contributed by atoms with Crippen LogP contribution in [0.25, 0.3) is 0 Å². The fourth-order valence-electron chi connectivity index (χ4n) is 3.08. The molecule has 1 aromatic heterocycles. The molecule has 0 bridgehead atoms. The molecule has 0 unspecified atom stereocenters. The predicted octanol–water partition coefficient (Wildman–Crippen LogP) is 3.07. The summed E-state index contributed by atoms with van der Waals surface area (Å²) < 4.78 is 27.6. The molecule has 0 aliphatic carbocycles. The van der Waals surface area contributed by atoms with E-state index in [-0.39, 0.29) is 12.0 Å². The van der Waals surface area contributed by atoms with Gasteiger partial charge in [-0.05, 0) is 36.6 Å². The van der Waals surface area contributed by atoms with Crippen LogP contribution in [0, 0.1) is 11.6 Å². The third kappa shape index (κ3) is 3.09. The Balaban J connectivity index is 1.90. The lowest BCUT2D eigenvalue weighted by Gasteiger charge is -2.27. The Kier molecular flexibility index (Phi) is 4.34. The highest BCUT2D eigenvalue weighted by molar-refractivity contribution is 5.46. The van der Waals surface area contributed by atoms with Gasteiger partial charge in [-0.2, -0.15) is 0 Å². The number of nitrogens with zero attached hydrogens (tertiary/aromatic N) is 2. The van der Waals surface area contributed by atoms with E-state index in [2.05, 4.69) is 9.88 Å². The van der Waals surface area contributed by atoms with Crippen LogP contribution in [0.15, 0.2) is 42.7 Å². The smallest absolute Gasteiger partial charge is 0.162 e. The van der Waals surface area contributed by atoms with Crippen LogP contribution in [0.3, 0.4) is 0 Å². The first-order valence-corrected chi connectivity index (χ1v) is 7.49. The number of rotatable bonds is 2. The molecule has 2 atom stereocenters. The van der Waals surface area contributed by atoms with E-state index in [4.69, 9.17) is 5.73 Å². The minimum Gasteiger partial charge on any atom is -0.369 e. The number of hydrogen-bond donors (Lipinski definition) is 1. The Morgan fingerprint density at radius 3 is 2.59 bits per heavy atom. The maximum Gasteiger partial charge on any atom is 0.162 e. The van der Waals surface area contributed by atoms with Crippen molar-refractivity contribution in [1.29, 1.82) is 0 Å². The average molecular weight is 303 g/mol. The van der Waals surface area contributed by atoms with E-state index >= 15 is 0 Å². The second kappa shape index (κ2) is 6.40. The third-order valence-corrected chi connectivity index (χ3v) is 4.23. The third-order valence-electron chi connectivity index (χ3n) is 4.23. The van der Waals surface area contributed by atoms with Gasteiger partial charge in [0.1, 0.15) is 0 Å². The summed E-state index contributed by atoms with van der Waals surface area (Å²) in [5.74, 6) is -1.60. The molecule has 2 N–H and O–H groups in total. The van der Waals surface area contributed by atoms with Crippen molar-refractivity contribution >= 4 is 5.69 Å². The minimum atomic E-state index is -0.790. The van der Waals surface area contributed by atoms with Gasteiger partial charge in [-0.25, -0.2) is 8.78 Å². The van der Waals surface area contributed by atoms with Crippen LogP contribution in [-0.4, -0.2) is 24.1 Å². The summed E-state index contributed by atoms with van der Waals surface area (Å²) in [6, 6.07) is 8.24. The van der Waals surface area contributed by atoms with Gasteiger partial charge in [-0.15, -0.1) is 0 Å². The molecular weight excluding hydrogens is 284 g/mol. The van der Waals surface area contributed by atoms with Crippen LogP contribution in [0.2, 0.25) is 0 Å². The molecule has 2 aromatic rings. The van der Waals surface area contributed by atoms with Gasteiger partial charge in [-0.3, -0.25) is 4.98 Å². The molecule has 0 saturated carbocycles. The van der Waals surface area contributed by atoms with Crippen LogP contribution in [0.1, 0.15) is 24.3 Å². The molecule has 0 radical (unpaired) electrons. The van der Waals surface area contributed by atoms with Gasteiger partial charge >= 0.3 is 0 Å². The summed E-state index contributed by atoms with van der Waals surface area (Å²) in [5, 5.41) is 0. The second-order valence-electron chi connectivity index (χ2n) is 5.79. The molecule has 1 aliphatic heterocycles. The van der Waals surface area contributed by atoms with Crippen LogP contribution < -0.4 is 10.6 Å². The number of benzene rings is 1. The number of anilines is 1. The van der Waals surface area contributed by atoms with Crippen molar-refractivity contribution < 1.29 is 8.78 Å². The Hall–Kier alpha value is -2.01. The van der Waals surface area contributed by atoms with Crippen molar-refractivity contribution in [1.82, 2.24) is 4.98 Å². The summed E-state index contributed by atoms with van der Waals surface area (Å²) in [4.78, 5) is 6.15. The molecule has 3 nitrogen and oxygen atoms in total. The van der Waals surface area contributed by atoms with Crippen LogP contribution >= 0.6 is 0 Å². The largest absolute Gasteiger partial charge is 0.369 e. The highest BCUT2D eigenvalue weighted by Gasteiger charge is 2.26. The minimum absolute atomic E-state index is 0.0229. The SMILES string of the molecule is N[C@@H]1CC[C@@H](c2cccc(F)c2F)CN(c2ccncc2)C1. The molecule has 0 amide bonds. The van der Waals surface area contributed by atoms with Crippen LogP contribution in [0.4, 0.5) is 14.5 Å². The lowest BCUT2D eigenvalue weighted by Crippen LogP contribution is -2.36. The summed E-state index contributed by atoms with van der Waals surface area (Å²) in [7, 11) is 0. The summed E-state index contributed by atoms with van der Waals surface area (Å²) in [6.45, 7) is 1.33. The van der Waals surface area contributed by atoms with E-state index in [1.807, 2.05) is 12.1 Å². The first-order chi connectivity index (χ1) is 10.6. The maximum atomic E-state index is 14.1. The molecule has 1 fully saturated rings. The number of aromatic nitrogens is 1. The van der Waals surface area contributed by atoms with E-state index in [0.717, 1.165) is 24.6 Å². The Morgan fingerprint density at radius 1 is 1.05 bits per heavy atom. The highest BCUT2D eigenvalue weighted by Crippen LogP contribution is 2.31. The molecule has 5 heteroatoms. The quantitative estimate of drug-likeness (QED) is 0.927. The molecule has 1 aromatic carbocycles.